The smallest absolute Gasteiger partial charge is 0.0876 e. The SMILES string of the molecule is C.C.C1=COCCC1.CC(C)(C)C1CCCOC1C(C)(C)C.CCCC.CCCC. The fourth-order valence-corrected chi connectivity index (χ4v) is 3.01. The van der Waals surface area contributed by atoms with Crippen molar-refractivity contribution in [2.24, 2.45) is 16.7 Å². The van der Waals surface area contributed by atoms with E-state index < -0.39 is 0 Å². The van der Waals surface area contributed by atoms with Crippen molar-refractivity contribution in [1.29, 1.82) is 0 Å². The number of allylic oxidation sites excluding steroid dienone is 1. The highest BCUT2D eigenvalue weighted by Gasteiger charge is 2.40. The van der Waals surface area contributed by atoms with E-state index in [9.17, 15) is 0 Å². The van der Waals surface area contributed by atoms with Crippen molar-refractivity contribution in [2.45, 2.75) is 142 Å². The molecule has 0 amide bonds. The van der Waals surface area contributed by atoms with Gasteiger partial charge in [0.05, 0.1) is 19.0 Å². The molecule has 186 valence electrons. The standard InChI is InChI=1S/C13H26O.C5H8O.2C4H10.2CH4/c1-12(2,3)10-8-7-9-14-11(10)13(4,5)6;1-2-4-6-5-3-1;2*1-3-4-2;;/h10-11H,7-9H2,1-6H3;2,4H,1,3,5H2;2*3-4H2,1-2H3;2*1H4. The van der Waals surface area contributed by atoms with Crippen LogP contribution in [0.1, 0.15) is 135 Å². The van der Waals surface area contributed by atoms with Crippen LogP contribution in [-0.2, 0) is 9.47 Å². The van der Waals surface area contributed by atoms with Crippen molar-refractivity contribution >= 4 is 0 Å². The van der Waals surface area contributed by atoms with E-state index in [1.807, 2.05) is 6.08 Å². The van der Waals surface area contributed by atoms with Crippen molar-refractivity contribution < 1.29 is 9.47 Å². The molecule has 0 aromatic heterocycles. The molecule has 0 aliphatic carbocycles. The van der Waals surface area contributed by atoms with Gasteiger partial charge in [-0.15, -0.1) is 0 Å². The summed E-state index contributed by atoms with van der Waals surface area (Å²) in [6.07, 6.45) is 14.5. The molecule has 2 unspecified atom stereocenters. The Morgan fingerprint density at radius 3 is 1.43 bits per heavy atom. The molecular formula is C28H62O2. The molecule has 0 N–H and O–H groups in total. The molecular weight excluding hydrogens is 368 g/mol. The molecule has 0 saturated carbocycles. The summed E-state index contributed by atoms with van der Waals surface area (Å²) in [7, 11) is 0. The van der Waals surface area contributed by atoms with Crippen molar-refractivity contribution in [3.05, 3.63) is 12.3 Å². The third kappa shape index (κ3) is 20.8. The summed E-state index contributed by atoms with van der Waals surface area (Å²) < 4.78 is 10.9. The lowest BCUT2D eigenvalue weighted by atomic mass is 9.67. The lowest BCUT2D eigenvalue weighted by Gasteiger charge is -2.46. The highest BCUT2D eigenvalue weighted by molar-refractivity contribution is 4.90. The Kier molecular flexibility index (Phi) is 26.7. The van der Waals surface area contributed by atoms with Crippen molar-refractivity contribution in [3.63, 3.8) is 0 Å². The second-order valence-electron chi connectivity index (χ2n) is 10.2. The predicted octanol–water partition coefficient (Wildman–Crippen LogP) is 10.1. The van der Waals surface area contributed by atoms with Gasteiger partial charge in [0.25, 0.3) is 0 Å². The summed E-state index contributed by atoms with van der Waals surface area (Å²) in [5.41, 5.74) is 0.650. The van der Waals surface area contributed by atoms with Crippen LogP contribution in [0.25, 0.3) is 0 Å². The Morgan fingerprint density at radius 2 is 1.23 bits per heavy atom. The van der Waals surface area contributed by atoms with Crippen LogP contribution >= 0.6 is 0 Å². The highest BCUT2D eigenvalue weighted by atomic mass is 16.5. The minimum Gasteiger partial charge on any atom is -0.502 e. The summed E-state index contributed by atoms with van der Waals surface area (Å²) in [4.78, 5) is 0. The molecule has 2 heteroatoms. The first-order chi connectivity index (χ1) is 13.1. The van der Waals surface area contributed by atoms with Gasteiger partial charge in [0.15, 0.2) is 0 Å². The van der Waals surface area contributed by atoms with Crippen LogP contribution in [0.15, 0.2) is 12.3 Å². The monoisotopic (exact) mass is 430 g/mol. The van der Waals surface area contributed by atoms with Crippen molar-refractivity contribution in [2.75, 3.05) is 13.2 Å². The van der Waals surface area contributed by atoms with Gasteiger partial charge in [-0.05, 0) is 48.5 Å². The molecule has 2 aliphatic heterocycles. The predicted molar refractivity (Wildman–Crippen MR) is 140 cm³/mol. The molecule has 2 nitrogen and oxygen atoms in total. The summed E-state index contributed by atoms with van der Waals surface area (Å²) in [5, 5.41) is 0. The molecule has 1 saturated heterocycles. The zero-order valence-corrected chi connectivity index (χ0v) is 21.2. The number of hydrogen-bond acceptors (Lipinski definition) is 2. The molecule has 1 fully saturated rings. The summed E-state index contributed by atoms with van der Waals surface area (Å²) in [5.74, 6) is 0.705. The van der Waals surface area contributed by atoms with Gasteiger partial charge >= 0.3 is 0 Å². The third-order valence-electron chi connectivity index (χ3n) is 5.11. The zero-order chi connectivity index (χ0) is 22.1. The first-order valence-electron chi connectivity index (χ1n) is 11.9. The normalized spacial score (nSPS) is 20.2. The largest absolute Gasteiger partial charge is 0.502 e. The maximum Gasteiger partial charge on any atom is 0.0876 e. The second kappa shape index (κ2) is 21.7. The van der Waals surface area contributed by atoms with Gasteiger partial charge in [0, 0.05) is 6.61 Å². The van der Waals surface area contributed by atoms with Crippen LogP contribution in [0.2, 0.25) is 0 Å². The van der Waals surface area contributed by atoms with E-state index in [2.05, 4.69) is 69.2 Å². The van der Waals surface area contributed by atoms with E-state index in [4.69, 9.17) is 9.47 Å². The van der Waals surface area contributed by atoms with E-state index in [1.165, 1.54) is 51.4 Å². The Balaban J connectivity index is -0.000000176. The summed E-state index contributed by atoms with van der Waals surface area (Å²) in [6.45, 7) is 24.5. The number of hydrogen-bond donors (Lipinski definition) is 0. The molecule has 2 rings (SSSR count). The van der Waals surface area contributed by atoms with Crippen molar-refractivity contribution in [3.8, 4) is 0 Å². The Bertz CT molecular complexity index is 309. The first kappa shape index (κ1) is 36.8. The van der Waals surface area contributed by atoms with Gasteiger partial charge in [-0.1, -0.05) is 110 Å². The van der Waals surface area contributed by atoms with Crippen LogP contribution in [0.4, 0.5) is 0 Å². The third-order valence-corrected chi connectivity index (χ3v) is 5.11. The summed E-state index contributed by atoms with van der Waals surface area (Å²) >= 11 is 0. The Morgan fingerprint density at radius 1 is 0.733 bits per heavy atom. The van der Waals surface area contributed by atoms with E-state index in [0.717, 1.165) is 13.2 Å². The van der Waals surface area contributed by atoms with Gasteiger partial charge in [-0.3, -0.25) is 0 Å². The van der Waals surface area contributed by atoms with Crippen LogP contribution in [0.3, 0.4) is 0 Å². The molecule has 2 atom stereocenters. The van der Waals surface area contributed by atoms with Gasteiger partial charge in [-0.25, -0.2) is 0 Å². The van der Waals surface area contributed by atoms with Crippen LogP contribution in [-0.4, -0.2) is 19.3 Å². The highest BCUT2D eigenvalue weighted by Crippen LogP contribution is 2.43. The quantitative estimate of drug-likeness (QED) is 0.433. The topological polar surface area (TPSA) is 18.5 Å². The van der Waals surface area contributed by atoms with Crippen LogP contribution in [0.5, 0.6) is 0 Å². The van der Waals surface area contributed by atoms with Gasteiger partial charge < -0.3 is 9.47 Å². The van der Waals surface area contributed by atoms with Gasteiger partial charge in [0.1, 0.15) is 0 Å². The van der Waals surface area contributed by atoms with Crippen LogP contribution in [0, 0.1) is 16.7 Å². The summed E-state index contributed by atoms with van der Waals surface area (Å²) in [6, 6.07) is 0. The molecule has 30 heavy (non-hydrogen) atoms. The van der Waals surface area contributed by atoms with Gasteiger partial charge in [-0.2, -0.15) is 0 Å². The van der Waals surface area contributed by atoms with Crippen molar-refractivity contribution in [1.82, 2.24) is 0 Å². The minimum absolute atomic E-state index is 0. The molecule has 0 aromatic carbocycles. The number of unbranched alkanes of at least 4 members (excludes halogenated alkanes) is 2. The minimum atomic E-state index is 0. The zero-order valence-electron chi connectivity index (χ0n) is 21.2. The molecule has 2 heterocycles. The van der Waals surface area contributed by atoms with E-state index >= 15 is 0 Å². The average Bonchev–Trinajstić information content (AvgIpc) is 2.69. The molecule has 0 bridgehead atoms. The van der Waals surface area contributed by atoms with E-state index in [0.29, 0.717) is 17.4 Å². The number of rotatable bonds is 2. The molecule has 2 aliphatic rings. The van der Waals surface area contributed by atoms with E-state index in [1.54, 1.807) is 6.26 Å². The maximum atomic E-state index is 5.98. The van der Waals surface area contributed by atoms with E-state index in [-0.39, 0.29) is 20.3 Å². The fraction of sp³-hybridized carbons (Fsp3) is 0.929. The Hall–Kier alpha value is -0.500. The Labute approximate surface area is 193 Å². The molecule has 0 radical (unpaired) electrons. The molecule has 0 spiro atoms. The van der Waals surface area contributed by atoms with Crippen LogP contribution < -0.4 is 0 Å². The maximum absolute atomic E-state index is 5.98. The average molecular weight is 431 g/mol. The fourth-order valence-electron chi connectivity index (χ4n) is 3.01. The lowest BCUT2D eigenvalue weighted by Crippen LogP contribution is -2.45. The number of ether oxygens (including phenoxy) is 2. The molecule has 0 aromatic rings. The van der Waals surface area contributed by atoms with Gasteiger partial charge in [0.2, 0.25) is 0 Å². The second-order valence-corrected chi connectivity index (χ2v) is 10.2. The first-order valence-corrected chi connectivity index (χ1v) is 11.9. The lowest BCUT2D eigenvalue weighted by molar-refractivity contribution is -0.115.